The summed E-state index contributed by atoms with van der Waals surface area (Å²) in [6.07, 6.45) is 4.05. The van der Waals surface area contributed by atoms with Gasteiger partial charge in [-0.05, 0) is 55.5 Å². The number of aromatic nitrogens is 4. The second-order valence-corrected chi connectivity index (χ2v) is 7.12. The number of rotatable bonds is 7. The molecule has 8 heteroatoms. The monoisotopic (exact) mass is 372 g/mol. The van der Waals surface area contributed by atoms with Crippen LogP contribution >= 0.6 is 0 Å². The van der Waals surface area contributed by atoms with E-state index in [2.05, 4.69) is 52.0 Å². The Morgan fingerprint density at radius 3 is 2.67 bits per heavy atom. The molecule has 0 aliphatic heterocycles. The number of nitrogens with zero attached hydrogens (tertiary/aromatic N) is 4. The van der Waals surface area contributed by atoms with Crippen molar-refractivity contribution in [2.45, 2.75) is 64.2 Å². The van der Waals surface area contributed by atoms with Gasteiger partial charge in [0.15, 0.2) is 5.82 Å². The third kappa shape index (κ3) is 5.11. The van der Waals surface area contributed by atoms with E-state index < -0.39 is 0 Å². The zero-order chi connectivity index (χ0) is 19.2. The van der Waals surface area contributed by atoms with Crippen LogP contribution in [0.3, 0.4) is 0 Å². The molecule has 0 amide bonds. The van der Waals surface area contributed by atoms with Gasteiger partial charge in [-0.15, -0.1) is 5.10 Å². The van der Waals surface area contributed by atoms with E-state index in [1.807, 2.05) is 0 Å². The van der Waals surface area contributed by atoms with Gasteiger partial charge in [-0.25, -0.2) is 4.68 Å². The standard InChI is InChI=1S/C19H28N6O2/c1-3-27-17(26)12-25-19(22-23-24-25)18(14-6-4-13(2)5-7-14)21-16-10-8-15(20)9-11-16/h4-7,15-16,18,21H,3,8-12,20H2,1-2H3. The van der Waals surface area contributed by atoms with Gasteiger partial charge in [0.2, 0.25) is 0 Å². The van der Waals surface area contributed by atoms with Crippen LogP contribution in [0.15, 0.2) is 24.3 Å². The molecule has 1 unspecified atom stereocenters. The minimum atomic E-state index is -0.350. The predicted molar refractivity (Wildman–Crippen MR) is 101 cm³/mol. The number of nitrogens with two attached hydrogens (primary N) is 1. The zero-order valence-corrected chi connectivity index (χ0v) is 16.0. The van der Waals surface area contributed by atoms with Crippen molar-refractivity contribution in [3.63, 3.8) is 0 Å². The Balaban J connectivity index is 1.85. The number of tetrazole rings is 1. The molecule has 146 valence electrons. The van der Waals surface area contributed by atoms with Gasteiger partial charge in [0.05, 0.1) is 12.6 Å². The lowest BCUT2D eigenvalue weighted by atomic mass is 9.90. The van der Waals surface area contributed by atoms with Crippen LogP contribution < -0.4 is 11.1 Å². The lowest BCUT2D eigenvalue weighted by molar-refractivity contribution is -0.144. The Labute approximate surface area is 159 Å². The van der Waals surface area contributed by atoms with Gasteiger partial charge in [0.25, 0.3) is 0 Å². The van der Waals surface area contributed by atoms with Gasteiger partial charge in [-0.1, -0.05) is 29.8 Å². The van der Waals surface area contributed by atoms with Crippen LogP contribution in [-0.2, 0) is 16.1 Å². The number of carbonyl (C=O) groups excluding carboxylic acids is 1. The summed E-state index contributed by atoms with van der Waals surface area (Å²) in [5, 5.41) is 15.7. The maximum absolute atomic E-state index is 11.9. The van der Waals surface area contributed by atoms with Crippen LogP contribution in [0.4, 0.5) is 0 Å². The van der Waals surface area contributed by atoms with E-state index in [4.69, 9.17) is 10.5 Å². The molecule has 0 radical (unpaired) electrons. The van der Waals surface area contributed by atoms with E-state index in [1.165, 1.54) is 10.2 Å². The number of carbonyl (C=O) groups is 1. The van der Waals surface area contributed by atoms with Gasteiger partial charge in [-0.2, -0.15) is 0 Å². The van der Waals surface area contributed by atoms with Crippen molar-refractivity contribution in [2.75, 3.05) is 6.61 Å². The molecule has 27 heavy (non-hydrogen) atoms. The number of nitrogens with one attached hydrogen (secondary N) is 1. The van der Waals surface area contributed by atoms with Crippen molar-refractivity contribution < 1.29 is 9.53 Å². The lowest BCUT2D eigenvalue weighted by Crippen LogP contribution is -2.40. The van der Waals surface area contributed by atoms with Crippen LogP contribution in [-0.4, -0.2) is 44.9 Å². The molecule has 1 aromatic carbocycles. The molecule has 3 N–H and O–H groups in total. The third-order valence-corrected chi connectivity index (χ3v) is 4.99. The van der Waals surface area contributed by atoms with Crippen molar-refractivity contribution in [3.8, 4) is 0 Å². The Morgan fingerprint density at radius 1 is 1.30 bits per heavy atom. The predicted octanol–water partition coefficient (Wildman–Crippen LogP) is 1.49. The van der Waals surface area contributed by atoms with Crippen molar-refractivity contribution in [2.24, 2.45) is 5.73 Å². The summed E-state index contributed by atoms with van der Waals surface area (Å²) in [6.45, 7) is 4.16. The molecule has 1 heterocycles. The van der Waals surface area contributed by atoms with Crippen LogP contribution in [0, 0.1) is 6.92 Å². The SMILES string of the molecule is CCOC(=O)Cn1nnnc1C(NC1CCC(N)CC1)c1ccc(C)cc1. The average Bonchev–Trinajstić information content (AvgIpc) is 3.10. The second kappa shape index (κ2) is 9.05. The van der Waals surface area contributed by atoms with Crippen LogP contribution in [0.25, 0.3) is 0 Å². The molecule has 1 atom stereocenters. The van der Waals surface area contributed by atoms with E-state index in [9.17, 15) is 4.79 Å². The second-order valence-electron chi connectivity index (χ2n) is 7.12. The third-order valence-electron chi connectivity index (χ3n) is 4.99. The lowest BCUT2D eigenvalue weighted by Gasteiger charge is -2.30. The van der Waals surface area contributed by atoms with Crippen LogP contribution in [0.5, 0.6) is 0 Å². The van der Waals surface area contributed by atoms with Crippen molar-refractivity contribution in [1.82, 2.24) is 25.5 Å². The van der Waals surface area contributed by atoms with Crippen LogP contribution in [0.2, 0.25) is 0 Å². The first-order chi connectivity index (χ1) is 13.1. The number of hydrogen-bond donors (Lipinski definition) is 2. The van der Waals surface area contributed by atoms with Gasteiger partial charge < -0.3 is 15.8 Å². The fourth-order valence-electron chi connectivity index (χ4n) is 3.46. The molecular weight excluding hydrogens is 344 g/mol. The largest absolute Gasteiger partial charge is 0.465 e. The van der Waals surface area contributed by atoms with Crippen molar-refractivity contribution in [1.29, 1.82) is 0 Å². The van der Waals surface area contributed by atoms with E-state index in [-0.39, 0.29) is 24.6 Å². The first-order valence-corrected chi connectivity index (χ1v) is 9.56. The molecule has 0 bridgehead atoms. The number of ether oxygens (including phenoxy) is 1. The first kappa shape index (κ1) is 19.4. The Morgan fingerprint density at radius 2 is 2.00 bits per heavy atom. The maximum Gasteiger partial charge on any atom is 0.327 e. The fraction of sp³-hybridized carbons (Fsp3) is 0.579. The highest BCUT2D eigenvalue weighted by molar-refractivity contribution is 5.69. The van der Waals surface area contributed by atoms with E-state index >= 15 is 0 Å². The smallest absolute Gasteiger partial charge is 0.327 e. The van der Waals surface area contributed by atoms with E-state index in [0.29, 0.717) is 18.5 Å². The molecule has 1 fully saturated rings. The highest BCUT2D eigenvalue weighted by Crippen LogP contribution is 2.25. The average molecular weight is 372 g/mol. The summed E-state index contributed by atoms with van der Waals surface area (Å²) in [4.78, 5) is 11.9. The normalized spacial score (nSPS) is 21.0. The highest BCUT2D eigenvalue weighted by atomic mass is 16.5. The van der Waals surface area contributed by atoms with Gasteiger partial charge in [0, 0.05) is 12.1 Å². The summed E-state index contributed by atoms with van der Waals surface area (Å²) in [5.74, 6) is 0.263. The number of aryl methyl sites for hydroxylation is 1. The Kier molecular flexibility index (Phi) is 6.52. The molecule has 1 aliphatic rings. The number of hydrogen-bond acceptors (Lipinski definition) is 7. The quantitative estimate of drug-likeness (QED) is 0.709. The fourth-order valence-corrected chi connectivity index (χ4v) is 3.46. The van der Waals surface area contributed by atoms with Gasteiger partial charge in [-0.3, -0.25) is 4.79 Å². The molecule has 1 saturated carbocycles. The Bertz CT molecular complexity index is 737. The molecule has 3 rings (SSSR count). The van der Waals surface area contributed by atoms with Gasteiger partial charge in [0.1, 0.15) is 6.54 Å². The molecular formula is C19H28N6O2. The first-order valence-electron chi connectivity index (χ1n) is 9.56. The minimum absolute atomic E-state index is 0.00421. The molecule has 2 aromatic rings. The summed E-state index contributed by atoms with van der Waals surface area (Å²) in [6, 6.07) is 8.71. The molecule has 1 aromatic heterocycles. The summed E-state index contributed by atoms with van der Waals surface area (Å²) in [7, 11) is 0. The van der Waals surface area contributed by atoms with Crippen LogP contribution in [0.1, 0.15) is 55.6 Å². The summed E-state index contributed by atoms with van der Waals surface area (Å²) >= 11 is 0. The number of esters is 1. The molecule has 8 nitrogen and oxygen atoms in total. The van der Waals surface area contributed by atoms with E-state index in [0.717, 1.165) is 31.2 Å². The van der Waals surface area contributed by atoms with E-state index in [1.54, 1.807) is 6.92 Å². The van der Waals surface area contributed by atoms with Crippen molar-refractivity contribution >= 4 is 5.97 Å². The zero-order valence-electron chi connectivity index (χ0n) is 16.0. The Hall–Kier alpha value is -2.32. The summed E-state index contributed by atoms with van der Waals surface area (Å²) in [5.41, 5.74) is 8.29. The molecule has 0 saturated heterocycles. The summed E-state index contributed by atoms with van der Waals surface area (Å²) < 4.78 is 6.56. The van der Waals surface area contributed by atoms with Crippen molar-refractivity contribution in [3.05, 3.63) is 41.2 Å². The number of benzene rings is 1. The molecule has 0 spiro atoms. The molecule has 1 aliphatic carbocycles. The topological polar surface area (TPSA) is 108 Å². The highest BCUT2D eigenvalue weighted by Gasteiger charge is 2.27. The minimum Gasteiger partial charge on any atom is -0.465 e. The van der Waals surface area contributed by atoms with Gasteiger partial charge >= 0.3 is 5.97 Å². The maximum atomic E-state index is 11.9.